The molecule has 90 valence electrons. The van der Waals surface area contributed by atoms with E-state index in [1.807, 2.05) is 17.5 Å². The number of hydrogen-bond acceptors (Lipinski definition) is 3. The lowest BCUT2D eigenvalue weighted by atomic mass is 10.3. The Balaban J connectivity index is 2.26. The van der Waals surface area contributed by atoms with Crippen LogP contribution in [0.25, 0.3) is 0 Å². The molecule has 17 heavy (non-hydrogen) atoms. The minimum absolute atomic E-state index is 0.0122. The molecule has 2 heterocycles. The van der Waals surface area contributed by atoms with Crippen LogP contribution in [0.1, 0.15) is 5.56 Å². The van der Waals surface area contributed by atoms with Gasteiger partial charge in [-0.25, -0.2) is 4.98 Å². The van der Waals surface area contributed by atoms with Gasteiger partial charge >= 0.3 is 6.18 Å². The quantitative estimate of drug-likeness (QED) is 0.776. The van der Waals surface area contributed by atoms with Crippen LogP contribution in [0.15, 0.2) is 39.0 Å². The molecule has 0 unspecified atom stereocenters. The lowest BCUT2D eigenvalue weighted by Crippen LogP contribution is -2.05. The minimum Gasteiger partial charge on any atom is -0.247 e. The van der Waals surface area contributed by atoms with Gasteiger partial charge in [-0.3, -0.25) is 0 Å². The van der Waals surface area contributed by atoms with Crippen molar-refractivity contribution in [2.75, 3.05) is 0 Å². The molecule has 0 amide bonds. The summed E-state index contributed by atoms with van der Waals surface area (Å²) in [5.41, 5.74) is -0.835. The predicted octanol–water partition coefficient (Wildman–Crippen LogP) is 4.97. The minimum atomic E-state index is -4.41. The topological polar surface area (TPSA) is 12.9 Å². The molecule has 0 bridgehead atoms. The second kappa shape index (κ2) is 4.88. The average Bonchev–Trinajstić information content (AvgIpc) is 2.72. The van der Waals surface area contributed by atoms with E-state index in [-0.39, 0.29) is 5.02 Å². The summed E-state index contributed by atoms with van der Waals surface area (Å²) in [7, 11) is 0. The Hall–Kier alpha value is -0.720. The molecule has 2 aromatic heterocycles. The molecule has 0 radical (unpaired) electrons. The largest absolute Gasteiger partial charge is 0.417 e. The van der Waals surface area contributed by atoms with Gasteiger partial charge in [-0.15, -0.1) is 11.3 Å². The number of thiophene rings is 1. The van der Waals surface area contributed by atoms with Crippen molar-refractivity contribution in [2.24, 2.45) is 0 Å². The molecular weight excluding hydrogens is 291 g/mol. The van der Waals surface area contributed by atoms with Crippen LogP contribution in [0.5, 0.6) is 0 Å². The van der Waals surface area contributed by atoms with Crippen LogP contribution in [0, 0.1) is 0 Å². The molecule has 0 saturated carbocycles. The summed E-state index contributed by atoms with van der Waals surface area (Å²) in [5, 5.41) is 2.26. The van der Waals surface area contributed by atoms with Crippen molar-refractivity contribution >= 4 is 34.7 Å². The molecule has 2 aromatic rings. The fourth-order valence-electron chi connectivity index (χ4n) is 1.07. The molecular formula is C10H5ClF3NS2. The molecule has 0 aliphatic rings. The number of aromatic nitrogens is 1. The lowest BCUT2D eigenvalue weighted by Gasteiger charge is -2.08. The number of pyridine rings is 1. The number of halogens is 4. The van der Waals surface area contributed by atoms with E-state index in [4.69, 9.17) is 11.6 Å². The molecule has 2 rings (SSSR count). The first kappa shape index (κ1) is 12.7. The third-order valence-electron chi connectivity index (χ3n) is 1.83. The van der Waals surface area contributed by atoms with E-state index < -0.39 is 11.7 Å². The van der Waals surface area contributed by atoms with Gasteiger partial charge in [-0.2, -0.15) is 13.2 Å². The third-order valence-corrected chi connectivity index (χ3v) is 4.28. The first-order valence-electron chi connectivity index (χ1n) is 4.41. The van der Waals surface area contributed by atoms with E-state index in [1.54, 1.807) is 0 Å². The van der Waals surface area contributed by atoms with E-state index in [1.165, 1.54) is 23.1 Å². The van der Waals surface area contributed by atoms with E-state index in [9.17, 15) is 13.2 Å². The molecule has 0 spiro atoms. The monoisotopic (exact) mass is 295 g/mol. The van der Waals surface area contributed by atoms with Crippen LogP contribution in [-0.2, 0) is 6.18 Å². The van der Waals surface area contributed by atoms with E-state index in [0.29, 0.717) is 5.03 Å². The smallest absolute Gasteiger partial charge is 0.247 e. The van der Waals surface area contributed by atoms with Crippen molar-refractivity contribution in [1.82, 2.24) is 4.98 Å². The molecule has 0 aliphatic heterocycles. The SMILES string of the molecule is FC(F)(F)c1cnc(Sc2cccs2)c(Cl)c1. The Bertz CT molecular complexity index is 511. The van der Waals surface area contributed by atoms with Gasteiger partial charge in [0.2, 0.25) is 0 Å². The predicted molar refractivity (Wildman–Crippen MR) is 62.7 cm³/mol. The molecule has 7 heteroatoms. The number of hydrogen-bond donors (Lipinski definition) is 0. The fourth-order valence-corrected chi connectivity index (χ4v) is 3.00. The molecule has 0 saturated heterocycles. The zero-order valence-corrected chi connectivity index (χ0v) is 10.6. The molecule has 0 fully saturated rings. The summed E-state index contributed by atoms with van der Waals surface area (Å²) >= 11 is 8.50. The Labute approximate surface area is 109 Å². The van der Waals surface area contributed by atoms with Gasteiger partial charge in [0.1, 0.15) is 5.03 Å². The van der Waals surface area contributed by atoms with Gasteiger partial charge in [-0.1, -0.05) is 29.4 Å². The summed E-state index contributed by atoms with van der Waals surface area (Å²) in [6, 6.07) is 4.60. The highest BCUT2D eigenvalue weighted by Gasteiger charge is 2.31. The Morgan fingerprint density at radius 1 is 1.35 bits per heavy atom. The standard InChI is InChI=1S/C10H5ClF3NS2/c11-7-4-6(10(12,13)14)5-15-9(7)17-8-2-1-3-16-8/h1-5H. The Morgan fingerprint density at radius 2 is 2.12 bits per heavy atom. The van der Waals surface area contributed by atoms with Crippen LogP contribution in [0.4, 0.5) is 13.2 Å². The van der Waals surface area contributed by atoms with Gasteiger partial charge in [-0.05, 0) is 17.5 Å². The maximum atomic E-state index is 12.4. The van der Waals surface area contributed by atoms with Crippen molar-refractivity contribution < 1.29 is 13.2 Å². The van der Waals surface area contributed by atoms with Crippen molar-refractivity contribution in [1.29, 1.82) is 0 Å². The van der Waals surface area contributed by atoms with E-state index in [2.05, 4.69) is 4.98 Å². The summed E-state index contributed by atoms with van der Waals surface area (Å²) < 4.78 is 38.1. The van der Waals surface area contributed by atoms with Crippen molar-refractivity contribution in [3.63, 3.8) is 0 Å². The van der Waals surface area contributed by atoms with Crippen LogP contribution in [0.2, 0.25) is 5.02 Å². The van der Waals surface area contributed by atoms with Gasteiger partial charge in [0.05, 0.1) is 14.8 Å². The number of nitrogens with zero attached hydrogens (tertiary/aromatic N) is 1. The Morgan fingerprint density at radius 3 is 2.65 bits per heavy atom. The lowest BCUT2D eigenvalue weighted by molar-refractivity contribution is -0.137. The van der Waals surface area contributed by atoms with Gasteiger partial charge in [0, 0.05) is 6.20 Å². The van der Waals surface area contributed by atoms with E-state index >= 15 is 0 Å². The summed E-state index contributed by atoms with van der Waals surface area (Å²) in [6.45, 7) is 0. The maximum Gasteiger partial charge on any atom is 0.417 e. The maximum absolute atomic E-state index is 12.4. The second-order valence-corrected chi connectivity index (χ2v) is 5.69. The highest BCUT2D eigenvalue weighted by atomic mass is 35.5. The van der Waals surface area contributed by atoms with Crippen LogP contribution in [0.3, 0.4) is 0 Å². The first-order valence-corrected chi connectivity index (χ1v) is 6.48. The molecule has 0 N–H and O–H groups in total. The Kier molecular flexibility index (Phi) is 3.65. The van der Waals surface area contributed by atoms with Gasteiger partial charge in [0.25, 0.3) is 0 Å². The summed E-state index contributed by atoms with van der Waals surface area (Å²) in [5.74, 6) is 0. The molecule has 1 nitrogen and oxygen atoms in total. The van der Waals surface area contributed by atoms with Crippen molar-refractivity contribution in [3.05, 3.63) is 40.4 Å². The summed E-state index contributed by atoms with van der Waals surface area (Å²) in [4.78, 5) is 3.74. The number of alkyl halides is 3. The molecule has 0 aromatic carbocycles. The van der Waals surface area contributed by atoms with Crippen molar-refractivity contribution in [3.8, 4) is 0 Å². The van der Waals surface area contributed by atoms with Crippen LogP contribution >= 0.6 is 34.7 Å². The zero-order chi connectivity index (χ0) is 12.5. The number of rotatable bonds is 2. The third kappa shape index (κ3) is 3.14. The van der Waals surface area contributed by atoms with E-state index in [0.717, 1.165) is 16.5 Å². The van der Waals surface area contributed by atoms with Crippen LogP contribution in [-0.4, -0.2) is 4.98 Å². The molecule has 0 atom stereocenters. The van der Waals surface area contributed by atoms with Gasteiger partial charge < -0.3 is 0 Å². The van der Waals surface area contributed by atoms with Crippen molar-refractivity contribution in [2.45, 2.75) is 15.4 Å². The second-order valence-electron chi connectivity index (χ2n) is 3.04. The average molecular weight is 296 g/mol. The first-order chi connectivity index (χ1) is 7.97. The van der Waals surface area contributed by atoms with Gasteiger partial charge in [0.15, 0.2) is 0 Å². The molecule has 0 aliphatic carbocycles. The normalized spacial score (nSPS) is 11.8. The highest BCUT2D eigenvalue weighted by molar-refractivity contribution is 8.01. The highest BCUT2D eigenvalue weighted by Crippen LogP contribution is 2.37. The van der Waals surface area contributed by atoms with Crippen LogP contribution < -0.4 is 0 Å². The summed E-state index contributed by atoms with van der Waals surface area (Å²) in [6.07, 6.45) is -3.62. The zero-order valence-electron chi connectivity index (χ0n) is 8.16. The fraction of sp³-hybridized carbons (Fsp3) is 0.100.